The molecule has 3 aromatic rings. The first-order valence-corrected chi connectivity index (χ1v) is 11.7. The van der Waals surface area contributed by atoms with Gasteiger partial charge >= 0.3 is 0 Å². The molecule has 2 aliphatic rings. The second-order valence-corrected chi connectivity index (χ2v) is 9.28. The SMILES string of the molecule is Cn1cc(CNC(=O)CC2Cc3ccccc3C3(CCN(C(=O)c4cncn4C)CC3)O2)cn1. The summed E-state index contributed by atoms with van der Waals surface area (Å²) in [6, 6.07) is 8.34. The van der Waals surface area contributed by atoms with Crippen molar-refractivity contribution in [1.82, 2.24) is 29.5 Å². The van der Waals surface area contributed by atoms with Gasteiger partial charge in [0.05, 0.1) is 36.8 Å². The number of aryl methyl sites for hydroxylation is 2. The molecule has 9 heteroatoms. The molecular formula is C25H30N6O3. The molecule has 1 fully saturated rings. The number of imidazole rings is 1. The molecule has 1 spiro atoms. The lowest BCUT2D eigenvalue weighted by Crippen LogP contribution is -2.51. The molecule has 0 bridgehead atoms. The zero-order valence-electron chi connectivity index (χ0n) is 19.6. The number of nitrogens with one attached hydrogen (secondary N) is 1. The van der Waals surface area contributed by atoms with Gasteiger partial charge in [0, 0.05) is 45.5 Å². The Morgan fingerprint density at radius 1 is 1.18 bits per heavy atom. The highest BCUT2D eigenvalue weighted by Crippen LogP contribution is 2.44. The van der Waals surface area contributed by atoms with Gasteiger partial charge in [0.15, 0.2) is 0 Å². The molecule has 4 heterocycles. The van der Waals surface area contributed by atoms with Crippen LogP contribution in [-0.4, -0.2) is 55.2 Å². The number of rotatable bonds is 5. The smallest absolute Gasteiger partial charge is 0.272 e. The fourth-order valence-electron chi connectivity index (χ4n) is 5.15. The van der Waals surface area contributed by atoms with E-state index in [1.807, 2.05) is 37.3 Å². The summed E-state index contributed by atoms with van der Waals surface area (Å²) in [7, 11) is 3.68. The van der Waals surface area contributed by atoms with Crippen molar-refractivity contribution < 1.29 is 14.3 Å². The number of aromatic nitrogens is 4. The summed E-state index contributed by atoms with van der Waals surface area (Å²) >= 11 is 0. The summed E-state index contributed by atoms with van der Waals surface area (Å²) < 4.78 is 10.1. The van der Waals surface area contributed by atoms with E-state index in [9.17, 15) is 9.59 Å². The summed E-state index contributed by atoms with van der Waals surface area (Å²) in [5.74, 6) is -0.0440. The van der Waals surface area contributed by atoms with Gasteiger partial charge in [-0.2, -0.15) is 5.10 Å². The molecule has 0 radical (unpaired) electrons. The van der Waals surface area contributed by atoms with Crippen LogP contribution in [0.3, 0.4) is 0 Å². The van der Waals surface area contributed by atoms with Crippen molar-refractivity contribution in [2.75, 3.05) is 13.1 Å². The molecule has 1 atom stereocenters. The highest BCUT2D eigenvalue weighted by atomic mass is 16.5. The number of hydrogen-bond donors (Lipinski definition) is 1. The van der Waals surface area contributed by atoms with Gasteiger partial charge in [0.25, 0.3) is 5.91 Å². The van der Waals surface area contributed by atoms with E-state index in [4.69, 9.17) is 4.74 Å². The second-order valence-electron chi connectivity index (χ2n) is 9.28. The molecule has 1 aromatic carbocycles. The minimum atomic E-state index is -0.480. The summed E-state index contributed by atoms with van der Waals surface area (Å²) in [6.07, 6.45) is 9.09. The average Bonchev–Trinajstić information content (AvgIpc) is 3.45. The van der Waals surface area contributed by atoms with Crippen molar-refractivity contribution >= 4 is 11.8 Å². The van der Waals surface area contributed by atoms with Crippen molar-refractivity contribution in [2.45, 2.75) is 43.9 Å². The summed E-state index contributed by atoms with van der Waals surface area (Å²) in [6.45, 7) is 1.64. The molecule has 0 aliphatic carbocycles. The maximum absolute atomic E-state index is 13.0. The number of hydrogen-bond acceptors (Lipinski definition) is 5. The molecule has 1 saturated heterocycles. The molecule has 1 unspecified atom stereocenters. The molecule has 2 amide bonds. The van der Waals surface area contributed by atoms with Crippen LogP contribution in [-0.2, 0) is 42.2 Å². The second kappa shape index (κ2) is 9.06. The Balaban J connectivity index is 1.27. The molecule has 1 N–H and O–H groups in total. The van der Waals surface area contributed by atoms with Gasteiger partial charge in [-0.3, -0.25) is 14.3 Å². The fraction of sp³-hybridized carbons (Fsp3) is 0.440. The molecule has 178 valence electrons. The number of carbonyl (C=O) groups excluding carboxylic acids is 2. The molecule has 34 heavy (non-hydrogen) atoms. The van der Waals surface area contributed by atoms with Crippen molar-refractivity contribution in [2.24, 2.45) is 14.1 Å². The van der Waals surface area contributed by atoms with Gasteiger partial charge in [-0.1, -0.05) is 24.3 Å². The Morgan fingerprint density at radius 3 is 2.68 bits per heavy atom. The van der Waals surface area contributed by atoms with E-state index in [0.29, 0.717) is 51.0 Å². The van der Waals surface area contributed by atoms with Crippen LogP contribution in [0, 0.1) is 0 Å². The zero-order chi connectivity index (χ0) is 23.7. The first-order valence-electron chi connectivity index (χ1n) is 11.7. The van der Waals surface area contributed by atoms with Crippen LogP contribution in [0.2, 0.25) is 0 Å². The Morgan fingerprint density at radius 2 is 1.97 bits per heavy atom. The van der Waals surface area contributed by atoms with Crippen molar-refractivity contribution in [3.63, 3.8) is 0 Å². The van der Waals surface area contributed by atoms with Gasteiger partial charge in [-0.05, 0) is 30.4 Å². The Hall–Kier alpha value is -3.46. The number of carbonyl (C=O) groups is 2. The van der Waals surface area contributed by atoms with E-state index in [1.54, 1.807) is 28.0 Å². The first kappa shape index (κ1) is 22.3. The number of likely N-dealkylation sites (tertiary alicyclic amines) is 1. The average molecular weight is 463 g/mol. The van der Waals surface area contributed by atoms with Crippen LogP contribution in [0.25, 0.3) is 0 Å². The topological polar surface area (TPSA) is 94.3 Å². The van der Waals surface area contributed by atoms with E-state index in [-0.39, 0.29) is 17.9 Å². The van der Waals surface area contributed by atoms with Crippen LogP contribution in [0.15, 0.2) is 49.2 Å². The lowest BCUT2D eigenvalue weighted by atomic mass is 9.77. The summed E-state index contributed by atoms with van der Waals surface area (Å²) in [5, 5.41) is 7.12. The predicted octanol–water partition coefficient (Wildman–Crippen LogP) is 1.93. The van der Waals surface area contributed by atoms with E-state index >= 15 is 0 Å². The number of piperidine rings is 1. The normalized spacial score (nSPS) is 19.1. The molecule has 0 saturated carbocycles. The predicted molar refractivity (Wildman–Crippen MR) is 125 cm³/mol. The van der Waals surface area contributed by atoms with E-state index in [1.165, 1.54) is 11.1 Å². The third-order valence-corrected chi connectivity index (χ3v) is 6.90. The van der Waals surface area contributed by atoms with E-state index in [0.717, 1.165) is 5.56 Å². The monoisotopic (exact) mass is 462 g/mol. The van der Waals surface area contributed by atoms with E-state index in [2.05, 4.69) is 27.5 Å². The largest absolute Gasteiger partial charge is 0.366 e. The highest BCUT2D eigenvalue weighted by molar-refractivity contribution is 5.92. The van der Waals surface area contributed by atoms with Crippen LogP contribution < -0.4 is 5.32 Å². The third kappa shape index (κ3) is 4.35. The highest BCUT2D eigenvalue weighted by Gasteiger charge is 2.44. The first-order chi connectivity index (χ1) is 16.4. The summed E-state index contributed by atoms with van der Waals surface area (Å²) in [5.41, 5.74) is 3.49. The van der Waals surface area contributed by atoms with Gasteiger partial charge in [-0.15, -0.1) is 0 Å². The van der Waals surface area contributed by atoms with Crippen molar-refractivity contribution in [3.05, 3.63) is 71.6 Å². The molecule has 9 nitrogen and oxygen atoms in total. The lowest BCUT2D eigenvalue weighted by molar-refractivity contribution is -0.147. The van der Waals surface area contributed by atoms with Gasteiger partial charge in [-0.25, -0.2) is 4.98 Å². The van der Waals surface area contributed by atoms with Crippen LogP contribution in [0.5, 0.6) is 0 Å². The minimum Gasteiger partial charge on any atom is -0.366 e. The minimum absolute atomic E-state index is 0.00901. The third-order valence-electron chi connectivity index (χ3n) is 6.90. The number of nitrogens with zero attached hydrogens (tertiary/aromatic N) is 5. The zero-order valence-corrected chi connectivity index (χ0v) is 19.6. The Labute approximate surface area is 198 Å². The van der Waals surface area contributed by atoms with Crippen LogP contribution in [0.1, 0.15) is 46.4 Å². The number of amides is 2. The number of ether oxygens (including phenoxy) is 1. The van der Waals surface area contributed by atoms with Crippen molar-refractivity contribution in [1.29, 1.82) is 0 Å². The van der Waals surface area contributed by atoms with Crippen molar-refractivity contribution in [3.8, 4) is 0 Å². The molecule has 2 aliphatic heterocycles. The van der Waals surface area contributed by atoms with Crippen LogP contribution in [0.4, 0.5) is 0 Å². The standard InChI is InChI=1S/C25H30N6O3/c1-29-17-26-15-22(29)24(33)31-9-7-25(8-10-31)21-6-4-3-5-19(21)11-20(34-25)12-23(32)27-13-18-14-28-30(2)16-18/h3-6,14-17,20H,7-13H2,1-2H3,(H,27,32). The fourth-order valence-corrected chi connectivity index (χ4v) is 5.15. The Kier molecular flexibility index (Phi) is 5.95. The summed E-state index contributed by atoms with van der Waals surface area (Å²) in [4.78, 5) is 31.6. The van der Waals surface area contributed by atoms with E-state index < -0.39 is 5.60 Å². The van der Waals surface area contributed by atoms with Gasteiger partial charge in [0.2, 0.25) is 5.91 Å². The maximum Gasteiger partial charge on any atom is 0.272 e. The quantitative estimate of drug-likeness (QED) is 0.625. The maximum atomic E-state index is 13.0. The number of benzene rings is 1. The van der Waals surface area contributed by atoms with Gasteiger partial charge in [0.1, 0.15) is 5.69 Å². The van der Waals surface area contributed by atoms with Gasteiger partial charge < -0.3 is 19.5 Å². The lowest BCUT2D eigenvalue weighted by Gasteiger charge is -2.47. The molecule has 2 aromatic heterocycles. The molecule has 5 rings (SSSR count). The van der Waals surface area contributed by atoms with Crippen LogP contribution >= 0.6 is 0 Å². The number of fused-ring (bicyclic) bond motifs is 2. The molecular weight excluding hydrogens is 432 g/mol. The Bertz CT molecular complexity index is 1190.